The first-order valence-electron chi connectivity index (χ1n) is 8.30. The van der Waals surface area contributed by atoms with E-state index in [1.807, 2.05) is 31.2 Å². The number of benzene rings is 2. The molecule has 1 unspecified atom stereocenters. The highest BCUT2D eigenvalue weighted by atomic mass is 32.2. The molecule has 0 aromatic heterocycles. The maximum absolute atomic E-state index is 12.2. The summed E-state index contributed by atoms with van der Waals surface area (Å²) in [6.45, 7) is 2.36. The van der Waals surface area contributed by atoms with Crippen LogP contribution in [0.1, 0.15) is 12.0 Å². The lowest BCUT2D eigenvalue weighted by Gasteiger charge is -2.17. The molecule has 0 radical (unpaired) electrons. The van der Waals surface area contributed by atoms with Crippen LogP contribution in [0.2, 0.25) is 0 Å². The maximum atomic E-state index is 12.2. The molecule has 1 aliphatic rings. The zero-order valence-corrected chi connectivity index (χ0v) is 15.5. The summed E-state index contributed by atoms with van der Waals surface area (Å²) < 4.78 is 22.5. The standard InChI is InChI=1S/C18H20N4O4S/c1-12-2-6-15(7-3-12)22-11-14(10-17(22)23)21-18(24)20-13-4-8-16(9-5-13)27(19,25)26/h2-9,14H,10-11H2,1H3,(H2,19,25,26)(H2,20,21,24). The number of nitrogens with two attached hydrogens (primary N) is 1. The van der Waals surface area contributed by atoms with E-state index in [0.717, 1.165) is 11.3 Å². The summed E-state index contributed by atoms with van der Waals surface area (Å²) in [6.07, 6.45) is 0.214. The summed E-state index contributed by atoms with van der Waals surface area (Å²) in [5.74, 6) is -0.0540. The Morgan fingerprint density at radius 3 is 2.33 bits per heavy atom. The molecule has 142 valence electrons. The molecule has 1 fully saturated rings. The molecule has 4 N–H and O–H groups in total. The van der Waals surface area contributed by atoms with Crippen molar-refractivity contribution in [1.29, 1.82) is 0 Å². The van der Waals surface area contributed by atoms with Crippen LogP contribution in [0.3, 0.4) is 0 Å². The zero-order valence-electron chi connectivity index (χ0n) is 14.7. The topological polar surface area (TPSA) is 122 Å². The minimum Gasteiger partial charge on any atom is -0.333 e. The fraction of sp³-hybridized carbons (Fsp3) is 0.222. The van der Waals surface area contributed by atoms with Gasteiger partial charge in [-0.15, -0.1) is 0 Å². The Bertz CT molecular complexity index is 956. The predicted molar refractivity (Wildman–Crippen MR) is 102 cm³/mol. The molecule has 1 atom stereocenters. The smallest absolute Gasteiger partial charge is 0.319 e. The van der Waals surface area contributed by atoms with Gasteiger partial charge in [-0.2, -0.15) is 0 Å². The number of hydrogen-bond acceptors (Lipinski definition) is 4. The van der Waals surface area contributed by atoms with E-state index in [-0.39, 0.29) is 23.3 Å². The second-order valence-electron chi connectivity index (χ2n) is 6.41. The molecule has 8 nitrogen and oxygen atoms in total. The first-order chi connectivity index (χ1) is 12.7. The third kappa shape index (κ3) is 4.63. The van der Waals surface area contributed by atoms with Crippen LogP contribution in [-0.4, -0.2) is 32.9 Å². The normalized spacial score (nSPS) is 17.0. The second kappa shape index (κ2) is 7.37. The van der Waals surface area contributed by atoms with Crippen molar-refractivity contribution in [2.75, 3.05) is 16.8 Å². The van der Waals surface area contributed by atoms with Gasteiger partial charge < -0.3 is 15.5 Å². The van der Waals surface area contributed by atoms with Crippen LogP contribution in [-0.2, 0) is 14.8 Å². The van der Waals surface area contributed by atoms with Gasteiger partial charge in [-0.1, -0.05) is 17.7 Å². The predicted octanol–water partition coefficient (Wildman–Crippen LogP) is 1.57. The molecule has 0 saturated carbocycles. The van der Waals surface area contributed by atoms with Gasteiger partial charge in [0.1, 0.15) is 0 Å². The van der Waals surface area contributed by atoms with E-state index in [0.29, 0.717) is 12.2 Å². The van der Waals surface area contributed by atoms with Gasteiger partial charge in [0.25, 0.3) is 0 Å². The number of primary sulfonamides is 1. The van der Waals surface area contributed by atoms with Gasteiger partial charge in [0.05, 0.1) is 10.9 Å². The van der Waals surface area contributed by atoms with Crippen molar-refractivity contribution in [3.63, 3.8) is 0 Å². The molecule has 1 saturated heterocycles. The van der Waals surface area contributed by atoms with Crippen molar-refractivity contribution >= 4 is 33.3 Å². The van der Waals surface area contributed by atoms with Gasteiger partial charge >= 0.3 is 6.03 Å². The van der Waals surface area contributed by atoms with Gasteiger partial charge in [0.15, 0.2) is 0 Å². The molecule has 1 aliphatic heterocycles. The van der Waals surface area contributed by atoms with E-state index in [9.17, 15) is 18.0 Å². The van der Waals surface area contributed by atoms with E-state index in [1.165, 1.54) is 24.3 Å². The monoisotopic (exact) mass is 388 g/mol. The molecule has 2 aromatic rings. The number of urea groups is 1. The number of aryl methyl sites for hydroxylation is 1. The quantitative estimate of drug-likeness (QED) is 0.736. The number of carbonyl (C=O) groups excluding carboxylic acids is 2. The van der Waals surface area contributed by atoms with E-state index in [2.05, 4.69) is 10.6 Å². The summed E-state index contributed by atoms with van der Waals surface area (Å²) in [5.41, 5.74) is 2.32. The molecule has 3 rings (SSSR count). The van der Waals surface area contributed by atoms with Crippen molar-refractivity contribution in [2.45, 2.75) is 24.3 Å². The Balaban J connectivity index is 1.58. The van der Waals surface area contributed by atoms with Crippen molar-refractivity contribution in [3.8, 4) is 0 Å². The second-order valence-corrected chi connectivity index (χ2v) is 7.97. The highest BCUT2D eigenvalue weighted by molar-refractivity contribution is 7.89. The summed E-state index contributed by atoms with van der Waals surface area (Å²) in [6, 6.07) is 12.3. The fourth-order valence-electron chi connectivity index (χ4n) is 2.86. The van der Waals surface area contributed by atoms with Crippen LogP contribution in [0.4, 0.5) is 16.2 Å². The molecule has 0 spiro atoms. The van der Waals surface area contributed by atoms with Crippen LogP contribution in [0.25, 0.3) is 0 Å². The van der Waals surface area contributed by atoms with Crippen LogP contribution >= 0.6 is 0 Å². The van der Waals surface area contributed by atoms with Gasteiger partial charge in [0.2, 0.25) is 15.9 Å². The SMILES string of the molecule is Cc1ccc(N2CC(NC(=O)Nc3ccc(S(N)(=O)=O)cc3)CC2=O)cc1. The minimum atomic E-state index is -3.78. The van der Waals surface area contributed by atoms with Crippen molar-refractivity contribution < 1.29 is 18.0 Å². The Morgan fingerprint density at radius 1 is 1.11 bits per heavy atom. The first kappa shape index (κ1) is 18.9. The van der Waals surface area contributed by atoms with E-state index in [4.69, 9.17) is 5.14 Å². The largest absolute Gasteiger partial charge is 0.333 e. The number of sulfonamides is 1. The average molecular weight is 388 g/mol. The number of nitrogens with zero attached hydrogens (tertiary/aromatic N) is 1. The van der Waals surface area contributed by atoms with Crippen molar-refractivity contribution in [3.05, 3.63) is 54.1 Å². The highest BCUT2D eigenvalue weighted by Gasteiger charge is 2.31. The molecule has 27 heavy (non-hydrogen) atoms. The number of amides is 3. The lowest BCUT2D eigenvalue weighted by Crippen LogP contribution is -2.39. The third-order valence-electron chi connectivity index (χ3n) is 4.25. The lowest BCUT2D eigenvalue weighted by atomic mass is 10.2. The molecule has 0 aliphatic carbocycles. The Hall–Kier alpha value is -2.91. The average Bonchev–Trinajstić information content (AvgIpc) is 2.95. The summed E-state index contributed by atoms with van der Waals surface area (Å²) in [4.78, 5) is 26.0. The highest BCUT2D eigenvalue weighted by Crippen LogP contribution is 2.22. The number of carbonyl (C=O) groups is 2. The van der Waals surface area contributed by atoms with Crippen LogP contribution in [0.5, 0.6) is 0 Å². The number of nitrogens with one attached hydrogen (secondary N) is 2. The van der Waals surface area contributed by atoms with Gasteiger partial charge in [-0.05, 0) is 43.3 Å². The Morgan fingerprint density at radius 2 is 1.74 bits per heavy atom. The first-order valence-corrected chi connectivity index (χ1v) is 9.84. The number of rotatable bonds is 4. The summed E-state index contributed by atoms with van der Waals surface area (Å²) in [5, 5.41) is 10.4. The molecule has 9 heteroatoms. The number of anilines is 2. The molecule has 0 bridgehead atoms. The minimum absolute atomic E-state index is 0.0383. The Labute approximate surface area is 157 Å². The summed E-state index contributed by atoms with van der Waals surface area (Å²) >= 11 is 0. The molecular weight excluding hydrogens is 368 g/mol. The third-order valence-corrected chi connectivity index (χ3v) is 5.18. The van der Waals surface area contributed by atoms with Crippen molar-refractivity contribution in [1.82, 2.24) is 5.32 Å². The van der Waals surface area contributed by atoms with Crippen LogP contribution < -0.4 is 20.7 Å². The van der Waals surface area contributed by atoms with Gasteiger partial charge in [-0.25, -0.2) is 18.4 Å². The maximum Gasteiger partial charge on any atom is 0.319 e. The summed E-state index contributed by atoms with van der Waals surface area (Å²) in [7, 11) is -3.78. The Kier molecular flexibility index (Phi) is 5.15. The van der Waals surface area contributed by atoms with E-state index >= 15 is 0 Å². The fourth-order valence-corrected chi connectivity index (χ4v) is 3.37. The molecule has 2 aromatic carbocycles. The molecule has 3 amide bonds. The molecular formula is C18H20N4O4S. The number of hydrogen-bond donors (Lipinski definition) is 3. The van der Waals surface area contributed by atoms with E-state index < -0.39 is 16.1 Å². The lowest BCUT2D eigenvalue weighted by molar-refractivity contribution is -0.117. The zero-order chi connectivity index (χ0) is 19.6. The van der Waals surface area contributed by atoms with Gasteiger partial charge in [-0.3, -0.25) is 4.79 Å². The van der Waals surface area contributed by atoms with Crippen LogP contribution in [0, 0.1) is 6.92 Å². The van der Waals surface area contributed by atoms with E-state index in [1.54, 1.807) is 4.90 Å². The molecule has 1 heterocycles. The van der Waals surface area contributed by atoms with Crippen LogP contribution in [0.15, 0.2) is 53.4 Å². The van der Waals surface area contributed by atoms with Gasteiger partial charge in [0, 0.05) is 24.3 Å². The van der Waals surface area contributed by atoms with Crippen molar-refractivity contribution in [2.24, 2.45) is 5.14 Å².